The van der Waals surface area contributed by atoms with Crippen molar-refractivity contribution in [3.05, 3.63) is 0 Å². The summed E-state index contributed by atoms with van der Waals surface area (Å²) in [6, 6.07) is -0.821. The molecule has 8 heteroatoms. The second-order valence-electron chi connectivity index (χ2n) is 2.43. The van der Waals surface area contributed by atoms with Gasteiger partial charge in [0, 0.05) is 6.54 Å². The van der Waals surface area contributed by atoms with Crippen LogP contribution in [0.2, 0.25) is 0 Å². The third-order valence-electron chi connectivity index (χ3n) is 1.32. The molecule has 1 atom stereocenters. The Bertz CT molecular complexity index is 178. The summed E-state index contributed by atoms with van der Waals surface area (Å²) in [5.41, 5.74) is 10.2. The first-order valence-electron chi connectivity index (χ1n) is 3.60. The van der Waals surface area contributed by atoms with Gasteiger partial charge in [0.25, 0.3) is 0 Å². The Labute approximate surface area is 104 Å². The summed E-state index contributed by atoms with van der Waals surface area (Å²) in [5, 5.41) is 17.7. The fourth-order valence-corrected chi connectivity index (χ4v) is 0.669. The van der Waals surface area contributed by atoms with Gasteiger partial charge in [-0.3, -0.25) is 10.2 Å². The van der Waals surface area contributed by atoms with E-state index in [1.54, 1.807) is 0 Å². The number of rotatable bonds is 5. The molecule has 0 bridgehead atoms. The monoisotopic (exact) mass is 216 g/mol. The standard InChI is InChI=1S/C6H14N4O2.Na.H2O.H/c7-4(5(11)12)2-1-3-10-6(8)9;;;/h4H,1-3,7H2,(H,11,12)(H4,8,9,10);;1H2;/t4-;;;/m0.../s1. The molecule has 0 saturated carbocycles. The molecule has 0 aromatic heterocycles. The van der Waals surface area contributed by atoms with Crippen LogP contribution >= 0.6 is 0 Å². The van der Waals surface area contributed by atoms with Gasteiger partial charge in [0.1, 0.15) is 6.04 Å². The number of hydrogen-bond acceptors (Lipinski definition) is 3. The van der Waals surface area contributed by atoms with E-state index < -0.39 is 12.0 Å². The van der Waals surface area contributed by atoms with E-state index in [9.17, 15) is 4.79 Å². The van der Waals surface area contributed by atoms with Crippen molar-refractivity contribution >= 4 is 41.5 Å². The molecule has 7 nitrogen and oxygen atoms in total. The van der Waals surface area contributed by atoms with Gasteiger partial charge in [-0.05, 0) is 12.8 Å². The summed E-state index contributed by atoms with van der Waals surface area (Å²) >= 11 is 0. The summed E-state index contributed by atoms with van der Waals surface area (Å²) < 4.78 is 0. The summed E-state index contributed by atoms with van der Waals surface area (Å²) in [6.45, 7) is 0.482. The fraction of sp³-hybridized carbons (Fsp3) is 0.667. The van der Waals surface area contributed by atoms with Crippen molar-refractivity contribution in [1.82, 2.24) is 5.32 Å². The molecule has 9 N–H and O–H groups in total. The van der Waals surface area contributed by atoms with Crippen molar-refractivity contribution in [2.75, 3.05) is 6.54 Å². The van der Waals surface area contributed by atoms with Crippen LogP contribution in [0.1, 0.15) is 12.8 Å². The van der Waals surface area contributed by atoms with Crippen molar-refractivity contribution in [3.63, 3.8) is 0 Å². The summed E-state index contributed by atoms with van der Waals surface area (Å²) in [7, 11) is 0. The first-order chi connectivity index (χ1) is 5.54. The van der Waals surface area contributed by atoms with E-state index >= 15 is 0 Å². The molecule has 80 valence electrons. The van der Waals surface area contributed by atoms with Crippen LogP contribution in [0.25, 0.3) is 0 Å². The SMILES string of the molecule is N=C(N)NCCC[C@H](N)C(=O)O.O.[NaH]. The second kappa shape index (κ2) is 10.7. The topological polar surface area (TPSA) is 157 Å². The molecule has 0 saturated heterocycles. The van der Waals surface area contributed by atoms with Crippen LogP contribution in [0.15, 0.2) is 0 Å². The predicted octanol–water partition coefficient (Wildman–Crippen LogP) is -2.81. The first-order valence-corrected chi connectivity index (χ1v) is 3.60. The Morgan fingerprint density at radius 2 is 2.07 bits per heavy atom. The molecule has 0 fully saturated rings. The average molecular weight is 216 g/mol. The van der Waals surface area contributed by atoms with E-state index in [4.69, 9.17) is 22.0 Å². The molecule has 0 unspecified atom stereocenters. The van der Waals surface area contributed by atoms with Gasteiger partial charge in [-0.15, -0.1) is 0 Å². The summed E-state index contributed by atoms with van der Waals surface area (Å²) in [5.74, 6) is -1.11. The Balaban J connectivity index is -0.000000605. The number of nitrogens with two attached hydrogens (primary N) is 2. The van der Waals surface area contributed by atoms with Gasteiger partial charge >= 0.3 is 35.5 Å². The molecule has 0 rings (SSSR count). The molecule has 0 heterocycles. The number of carbonyl (C=O) groups is 1. The third kappa shape index (κ3) is 11.7. The number of guanidine groups is 1. The molecular weight excluding hydrogens is 199 g/mol. The molecule has 0 amide bonds. The fourth-order valence-electron chi connectivity index (χ4n) is 0.669. The van der Waals surface area contributed by atoms with Crippen LogP contribution in [0, 0.1) is 5.41 Å². The first kappa shape index (κ1) is 19.3. The molecule has 0 aliphatic carbocycles. The number of hydrogen-bond donors (Lipinski definition) is 5. The number of nitrogens with one attached hydrogen (secondary N) is 2. The molecule has 0 aliphatic rings. The van der Waals surface area contributed by atoms with Crippen molar-refractivity contribution in [2.45, 2.75) is 18.9 Å². The molecule has 0 aromatic carbocycles. The minimum absolute atomic E-state index is 0. The Kier molecular flexibility index (Phi) is 14.8. The Morgan fingerprint density at radius 1 is 1.57 bits per heavy atom. The zero-order valence-electron chi connectivity index (χ0n) is 7.21. The predicted molar refractivity (Wildman–Crippen MR) is 55.5 cm³/mol. The quantitative estimate of drug-likeness (QED) is 0.145. The Morgan fingerprint density at radius 3 is 2.43 bits per heavy atom. The van der Waals surface area contributed by atoms with Crippen molar-refractivity contribution in [2.24, 2.45) is 11.5 Å². The van der Waals surface area contributed by atoms with Crippen LogP contribution < -0.4 is 16.8 Å². The van der Waals surface area contributed by atoms with Crippen molar-refractivity contribution in [1.29, 1.82) is 5.41 Å². The van der Waals surface area contributed by atoms with Gasteiger partial charge in [0.15, 0.2) is 5.96 Å². The van der Waals surface area contributed by atoms with E-state index in [0.717, 1.165) is 0 Å². The maximum absolute atomic E-state index is 10.2. The Hall–Kier alpha value is -0.340. The van der Waals surface area contributed by atoms with Crippen molar-refractivity contribution in [3.8, 4) is 0 Å². The van der Waals surface area contributed by atoms with Gasteiger partial charge in [0.05, 0.1) is 0 Å². The van der Waals surface area contributed by atoms with Gasteiger partial charge < -0.3 is 27.4 Å². The van der Waals surface area contributed by atoms with Gasteiger partial charge in [0.2, 0.25) is 0 Å². The van der Waals surface area contributed by atoms with Crippen LogP contribution in [-0.2, 0) is 4.79 Å². The van der Waals surface area contributed by atoms with Gasteiger partial charge in [-0.2, -0.15) is 0 Å². The average Bonchev–Trinajstić information content (AvgIpc) is 1.97. The second-order valence-corrected chi connectivity index (χ2v) is 2.43. The molecule has 0 aromatic rings. The normalized spacial score (nSPS) is 10.4. The molecule has 0 radical (unpaired) electrons. The minimum atomic E-state index is -1.00. The van der Waals surface area contributed by atoms with Crippen LogP contribution in [-0.4, -0.2) is 64.7 Å². The van der Waals surface area contributed by atoms with E-state index in [0.29, 0.717) is 19.4 Å². The van der Waals surface area contributed by atoms with E-state index in [-0.39, 0.29) is 41.0 Å². The van der Waals surface area contributed by atoms with E-state index in [2.05, 4.69) is 5.32 Å². The maximum atomic E-state index is 10.2. The van der Waals surface area contributed by atoms with Crippen LogP contribution in [0.3, 0.4) is 0 Å². The van der Waals surface area contributed by atoms with Gasteiger partial charge in [-0.1, -0.05) is 0 Å². The molecule has 0 spiro atoms. The van der Waals surface area contributed by atoms with Crippen molar-refractivity contribution < 1.29 is 15.4 Å². The van der Waals surface area contributed by atoms with Gasteiger partial charge in [-0.25, -0.2) is 0 Å². The molecule has 14 heavy (non-hydrogen) atoms. The van der Waals surface area contributed by atoms with E-state index in [1.165, 1.54) is 0 Å². The zero-order chi connectivity index (χ0) is 9.56. The number of aliphatic carboxylic acids is 1. The summed E-state index contributed by atoms with van der Waals surface area (Å²) in [4.78, 5) is 10.2. The summed E-state index contributed by atoms with van der Waals surface area (Å²) in [6.07, 6.45) is 0.975. The number of carboxylic acids is 1. The van der Waals surface area contributed by atoms with Crippen LogP contribution in [0.5, 0.6) is 0 Å². The third-order valence-corrected chi connectivity index (χ3v) is 1.32. The molecular formula is C6H17N4NaO3. The molecule has 0 aliphatic heterocycles. The van der Waals surface area contributed by atoms with Crippen LogP contribution in [0.4, 0.5) is 0 Å². The van der Waals surface area contributed by atoms with E-state index in [1.807, 2.05) is 0 Å². The number of carboxylic acid groups (broad SMARTS) is 1. The zero-order valence-corrected chi connectivity index (χ0v) is 7.21.